The second kappa shape index (κ2) is 5.38. The van der Waals surface area contributed by atoms with E-state index in [2.05, 4.69) is 29.1 Å². The molecule has 2 aromatic rings. The van der Waals surface area contributed by atoms with Crippen molar-refractivity contribution in [1.29, 1.82) is 0 Å². The number of hydrogen-bond acceptors (Lipinski definition) is 4. The highest BCUT2D eigenvalue weighted by atomic mass is 16.5. The lowest BCUT2D eigenvalue weighted by molar-refractivity contribution is 0.257. The molecule has 2 aromatic heterocycles. The van der Waals surface area contributed by atoms with Crippen molar-refractivity contribution in [3.63, 3.8) is 0 Å². The van der Waals surface area contributed by atoms with Gasteiger partial charge in [-0.05, 0) is 36.7 Å². The van der Waals surface area contributed by atoms with Crippen LogP contribution in [0.3, 0.4) is 0 Å². The van der Waals surface area contributed by atoms with E-state index in [4.69, 9.17) is 4.52 Å². The third kappa shape index (κ3) is 2.92. The Hall–Kier alpha value is -1.65. The van der Waals surface area contributed by atoms with Crippen molar-refractivity contribution in [2.24, 2.45) is 18.9 Å². The second-order valence-electron chi connectivity index (χ2n) is 6.36. The SMILES string of the molecule is C[C@H]1CC(c2noc(Cc3cnn(C)c3)n2)C[C@H](C)C1. The van der Waals surface area contributed by atoms with Gasteiger partial charge in [-0.25, -0.2) is 0 Å². The third-order valence-corrected chi connectivity index (χ3v) is 4.14. The Labute approximate surface area is 119 Å². The van der Waals surface area contributed by atoms with Crippen molar-refractivity contribution in [2.75, 3.05) is 0 Å². The van der Waals surface area contributed by atoms with Gasteiger partial charge in [-0.15, -0.1) is 0 Å². The van der Waals surface area contributed by atoms with E-state index in [9.17, 15) is 0 Å². The molecule has 5 nitrogen and oxygen atoms in total. The second-order valence-corrected chi connectivity index (χ2v) is 6.36. The van der Waals surface area contributed by atoms with Gasteiger partial charge in [0.25, 0.3) is 0 Å². The van der Waals surface area contributed by atoms with Crippen LogP contribution >= 0.6 is 0 Å². The topological polar surface area (TPSA) is 56.7 Å². The van der Waals surface area contributed by atoms with Gasteiger partial charge in [-0.1, -0.05) is 19.0 Å². The zero-order chi connectivity index (χ0) is 14.1. The van der Waals surface area contributed by atoms with Gasteiger partial charge in [0.1, 0.15) is 0 Å². The molecule has 2 atom stereocenters. The van der Waals surface area contributed by atoms with E-state index in [0.29, 0.717) is 18.2 Å². The summed E-state index contributed by atoms with van der Waals surface area (Å²) in [6.07, 6.45) is 8.16. The summed E-state index contributed by atoms with van der Waals surface area (Å²) in [5.74, 6) is 3.55. The molecule has 1 aliphatic carbocycles. The van der Waals surface area contributed by atoms with Gasteiger partial charge < -0.3 is 4.52 Å². The molecule has 0 saturated heterocycles. The van der Waals surface area contributed by atoms with Crippen molar-refractivity contribution >= 4 is 0 Å². The molecule has 3 rings (SSSR count). The zero-order valence-corrected chi connectivity index (χ0v) is 12.4. The molecule has 1 aliphatic rings. The normalized spacial score (nSPS) is 26.9. The lowest BCUT2D eigenvalue weighted by Gasteiger charge is -2.29. The van der Waals surface area contributed by atoms with Gasteiger partial charge in [0, 0.05) is 19.2 Å². The van der Waals surface area contributed by atoms with Gasteiger partial charge in [-0.2, -0.15) is 10.1 Å². The first kappa shape index (κ1) is 13.3. The number of rotatable bonds is 3. The third-order valence-electron chi connectivity index (χ3n) is 4.14. The van der Waals surface area contributed by atoms with Gasteiger partial charge in [0.05, 0.1) is 12.6 Å². The Bertz CT molecular complexity index is 564. The van der Waals surface area contributed by atoms with Crippen LogP contribution in [0.5, 0.6) is 0 Å². The fourth-order valence-electron chi connectivity index (χ4n) is 3.40. The summed E-state index contributed by atoms with van der Waals surface area (Å²) in [6.45, 7) is 4.64. The summed E-state index contributed by atoms with van der Waals surface area (Å²) in [5, 5.41) is 8.35. The van der Waals surface area contributed by atoms with Crippen LogP contribution in [0.1, 0.15) is 56.3 Å². The molecule has 0 radical (unpaired) electrons. The fourth-order valence-corrected chi connectivity index (χ4v) is 3.40. The predicted molar refractivity (Wildman–Crippen MR) is 75.2 cm³/mol. The quantitative estimate of drug-likeness (QED) is 0.863. The van der Waals surface area contributed by atoms with Crippen LogP contribution in [-0.2, 0) is 13.5 Å². The van der Waals surface area contributed by atoms with E-state index in [0.717, 1.165) is 23.2 Å². The Morgan fingerprint density at radius 3 is 2.65 bits per heavy atom. The largest absolute Gasteiger partial charge is 0.339 e. The highest BCUT2D eigenvalue weighted by Gasteiger charge is 2.28. The standard InChI is InChI=1S/C15H22N4O/c1-10-4-11(2)6-13(5-10)15-17-14(20-18-15)7-12-8-16-19(3)9-12/h8-11,13H,4-7H2,1-3H3/t10-,11-/m1/s1. The highest BCUT2D eigenvalue weighted by Crippen LogP contribution is 2.37. The zero-order valence-electron chi connectivity index (χ0n) is 12.4. The first-order valence-corrected chi connectivity index (χ1v) is 7.40. The maximum Gasteiger partial charge on any atom is 0.231 e. The molecule has 20 heavy (non-hydrogen) atoms. The molecule has 108 valence electrons. The molecule has 0 N–H and O–H groups in total. The molecule has 5 heteroatoms. The lowest BCUT2D eigenvalue weighted by Crippen LogP contribution is -2.19. The number of aromatic nitrogens is 4. The number of nitrogens with zero attached hydrogens (tertiary/aromatic N) is 4. The Balaban J connectivity index is 1.70. The van der Waals surface area contributed by atoms with Crippen LogP contribution in [0.2, 0.25) is 0 Å². The summed E-state index contributed by atoms with van der Waals surface area (Å²) in [5.41, 5.74) is 1.10. The van der Waals surface area contributed by atoms with Gasteiger partial charge >= 0.3 is 0 Å². The van der Waals surface area contributed by atoms with E-state index in [1.807, 2.05) is 19.4 Å². The molecule has 1 saturated carbocycles. The molecule has 0 unspecified atom stereocenters. The van der Waals surface area contributed by atoms with Crippen LogP contribution < -0.4 is 0 Å². The summed E-state index contributed by atoms with van der Waals surface area (Å²) in [7, 11) is 1.91. The van der Waals surface area contributed by atoms with Crippen molar-refractivity contribution in [1.82, 2.24) is 19.9 Å². The maximum atomic E-state index is 5.40. The Morgan fingerprint density at radius 1 is 1.25 bits per heavy atom. The maximum absolute atomic E-state index is 5.40. The van der Waals surface area contributed by atoms with E-state index in [-0.39, 0.29) is 0 Å². The minimum Gasteiger partial charge on any atom is -0.339 e. The van der Waals surface area contributed by atoms with Crippen molar-refractivity contribution < 1.29 is 4.52 Å². The average Bonchev–Trinajstić information content (AvgIpc) is 2.98. The summed E-state index contributed by atoms with van der Waals surface area (Å²) < 4.78 is 7.19. The average molecular weight is 274 g/mol. The minimum atomic E-state index is 0.458. The van der Waals surface area contributed by atoms with Crippen LogP contribution in [0.15, 0.2) is 16.9 Å². The summed E-state index contributed by atoms with van der Waals surface area (Å²) in [6, 6.07) is 0. The van der Waals surface area contributed by atoms with E-state index in [1.165, 1.54) is 19.3 Å². The lowest BCUT2D eigenvalue weighted by atomic mass is 9.76. The van der Waals surface area contributed by atoms with Gasteiger partial charge in [-0.3, -0.25) is 4.68 Å². The first-order chi connectivity index (χ1) is 9.60. The molecule has 0 spiro atoms. The first-order valence-electron chi connectivity index (χ1n) is 7.40. The molecule has 0 aliphatic heterocycles. The molecule has 0 aromatic carbocycles. The molecular weight excluding hydrogens is 252 g/mol. The molecule has 2 heterocycles. The van der Waals surface area contributed by atoms with Crippen molar-refractivity contribution in [3.8, 4) is 0 Å². The van der Waals surface area contributed by atoms with Crippen LogP contribution in [0.25, 0.3) is 0 Å². The summed E-state index contributed by atoms with van der Waals surface area (Å²) >= 11 is 0. The van der Waals surface area contributed by atoms with E-state index < -0.39 is 0 Å². The van der Waals surface area contributed by atoms with Crippen LogP contribution in [0.4, 0.5) is 0 Å². The van der Waals surface area contributed by atoms with Crippen molar-refractivity contribution in [2.45, 2.75) is 45.4 Å². The monoisotopic (exact) mass is 274 g/mol. The van der Waals surface area contributed by atoms with Crippen LogP contribution in [0, 0.1) is 11.8 Å². The summed E-state index contributed by atoms with van der Waals surface area (Å²) in [4.78, 5) is 4.59. The number of aryl methyl sites for hydroxylation is 1. The molecule has 0 amide bonds. The van der Waals surface area contributed by atoms with Crippen LogP contribution in [-0.4, -0.2) is 19.9 Å². The highest BCUT2D eigenvalue weighted by molar-refractivity contribution is 5.10. The Kier molecular flexibility index (Phi) is 3.59. The molecule has 0 bridgehead atoms. The number of hydrogen-bond donors (Lipinski definition) is 0. The van der Waals surface area contributed by atoms with Crippen molar-refractivity contribution in [3.05, 3.63) is 29.7 Å². The molecule has 1 fully saturated rings. The van der Waals surface area contributed by atoms with Gasteiger partial charge in [0.15, 0.2) is 5.82 Å². The minimum absolute atomic E-state index is 0.458. The van der Waals surface area contributed by atoms with E-state index in [1.54, 1.807) is 4.68 Å². The van der Waals surface area contributed by atoms with Gasteiger partial charge in [0.2, 0.25) is 5.89 Å². The fraction of sp³-hybridized carbons (Fsp3) is 0.667. The smallest absolute Gasteiger partial charge is 0.231 e. The predicted octanol–water partition coefficient (Wildman–Crippen LogP) is 2.93. The Morgan fingerprint density at radius 2 is 2.00 bits per heavy atom. The molecular formula is C15H22N4O. The van der Waals surface area contributed by atoms with E-state index >= 15 is 0 Å².